The fourth-order valence-corrected chi connectivity index (χ4v) is 3.47. The lowest BCUT2D eigenvalue weighted by atomic mass is 10.1. The normalized spacial score (nSPS) is 27.9. The number of hydrogen-bond donors (Lipinski definition) is 0. The number of carbonyl (C=O) groups is 1. The molecule has 0 amide bonds. The molecule has 0 atom stereocenters. The lowest BCUT2D eigenvalue weighted by Gasteiger charge is -2.39. The van der Waals surface area contributed by atoms with Crippen LogP contribution in [0.4, 0.5) is 0 Å². The minimum Gasteiger partial charge on any atom is -0.372 e. The Hall–Kier alpha value is -0.830. The zero-order valence-corrected chi connectivity index (χ0v) is 10.5. The van der Waals surface area contributed by atoms with E-state index in [0.29, 0.717) is 5.78 Å². The molecule has 2 fully saturated rings. The highest BCUT2D eigenvalue weighted by molar-refractivity contribution is 5.92. The third-order valence-corrected chi connectivity index (χ3v) is 4.52. The average Bonchev–Trinajstić information content (AvgIpc) is 3.00. The van der Waals surface area contributed by atoms with Gasteiger partial charge in [0.15, 0.2) is 5.78 Å². The summed E-state index contributed by atoms with van der Waals surface area (Å²) in [6, 6.07) is 0.858. The van der Waals surface area contributed by atoms with Crippen molar-refractivity contribution >= 4 is 5.78 Å². The quantitative estimate of drug-likeness (QED) is 0.728. The SMILES string of the molecule is O=C1C=C(N2CCN(C3CCCC3)CC2)CC1. The smallest absolute Gasteiger partial charge is 0.157 e. The second-order valence-corrected chi connectivity index (χ2v) is 5.56. The fourth-order valence-electron chi connectivity index (χ4n) is 3.47. The molecule has 0 unspecified atom stereocenters. The van der Waals surface area contributed by atoms with Crippen molar-refractivity contribution in [2.45, 2.75) is 44.6 Å². The molecule has 1 saturated heterocycles. The molecule has 0 aromatic rings. The number of rotatable bonds is 2. The first-order valence-corrected chi connectivity index (χ1v) is 7.05. The number of hydrogen-bond acceptors (Lipinski definition) is 3. The summed E-state index contributed by atoms with van der Waals surface area (Å²) in [5.74, 6) is 0.318. The van der Waals surface area contributed by atoms with Gasteiger partial charge >= 0.3 is 0 Å². The van der Waals surface area contributed by atoms with Crippen LogP contribution in [0.15, 0.2) is 11.8 Å². The van der Waals surface area contributed by atoms with E-state index in [-0.39, 0.29) is 0 Å². The molecule has 0 spiro atoms. The molecule has 17 heavy (non-hydrogen) atoms. The lowest BCUT2D eigenvalue weighted by molar-refractivity contribution is -0.114. The van der Waals surface area contributed by atoms with Crippen LogP contribution in [0.25, 0.3) is 0 Å². The summed E-state index contributed by atoms with van der Waals surface area (Å²) in [6.45, 7) is 4.62. The van der Waals surface area contributed by atoms with E-state index in [1.165, 1.54) is 44.5 Å². The maximum atomic E-state index is 11.3. The van der Waals surface area contributed by atoms with E-state index in [1.807, 2.05) is 6.08 Å². The van der Waals surface area contributed by atoms with E-state index in [0.717, 1.165) is 32.0 Å². The number of ketones is 1. The van der Waals surface area contributed by atoms with Crippen LogP contribution in [-0.2, 0) is 4.79 Å². The van der Waals surface area contributed by atoms with Crippen LogP contribution in [0.2, 0.25) is 0 Å². The van der Waals surface area contributed by atoms with Crippen LogP contribution in [-0.4, -0.2) is 47.8 Å². The van der Waals surface area contributed by atoms with E-state index in [4.69, 9.17) is 0 Å². The van der Waals surface area contributed by atoms with Crippen LogP contribution >= 0.6 is 0 Å². The first kappa shape index (κ1) is 11.3. The third kappa shape index (κ3) is 2.39. The highest BCUT2D eigenvalue weighted by Gasteiger charge is 2.27. The van der Waals surface area contributed by atoms with E-state index in [1.54, 1.807) is 0 Å². The Morgan fingerprint density at radius 1 is 1.00 bits per heavy atom. The molecule has 1 aliphatic heterocycles. The highest BCUT2D eigenvalue weighted by atomic mass is 16.1. The van der Waals surface area contributed by atoms with Gasteiger partial charge in [0.05, 0.1) is 0 Å². The third-order valence-electron chi connectivity index (χ3n) is 4.52. The van der Waals surface area contributed by atoms with Gasteiger partial charge in [-0.1, -0.05) is 12.8 Å². The van der Waals surface area contributed by atoms with Crippen molar-refractivity contribution in [2.24, 2.45) is 0 Å². The van der Waals surface area contributed by atoms with Gasteiger partial charge in [-0.05, 0) is 19.3 Å². The van der Waals surface area contributed by atoms with Gasteiger partial charge in [-0.2, -0.15) is 0 Å². The summed E-state index contributed by atoms with van der Waals surface area (Å²) in [7, 11) is 0. The van der Waals surface area contributed by atoms with Gasteiger partial charge in [0.2, 0.25) is 0 Å². The predicted octanol–water partition coefficient (Wildman–Crippen LogP) is 1.79. The summed E-state index contributed by atoms with van der Waals surface area (Å²) >= 11 is 0. The highest BCUT2D eigenvalue weighted by Crippen LogP contribution is 2.26. The largest absolute Gasteiger partial charge is 0.372 e. The summed E-state index contributed by atoms with van der Waals surface area (Å²) in [6.07, 6.45) is 9.23. The van der Waals surface area contributed by atoms with Crippen LogP contribution in [0.1, 0.15) is 38.5 Å². The molecule has 1 heterocycles. The van der Waals surface area contributed by atoms with Crippen LogP contribution in [0, 0.1) is 0 Å². The van der Waals surface area contributed by atoms with E-state index < -0.39 is 0 Å². The maximum absolute atomic E-state index is 11.3. The summed E-state index contributed by atoms with van der Waals surface area (Å²) in [5.41, 5.74) is 1.29. The topological polar surface area (TPSA) is 23.6 Å². The number of nitrogens with zero attached hydrogens (tertiary/aromatic N) is 2. The Kier molecular flexibility index (Phi) is 3.19. The second-order valence-electron chi connectivity index (χ2n) is 5.56. The van der Waals surface area contributed by atoms with Gasteiger partial charge in [-0.3, -0.25) is 9.69 Å². The Labute approximate surface area is 103 Å². The van der Waals surface area contributed by atoms with E-state index in [2.05, 4.69) is 9.80 Å². The minimum atomic E-state index is 0.318. The molecule has 0 aromatic heterocycles. The number of allylic oxidation sites excluding steroid dienone is 2. The Morgan fingerprint density at radius 2 is 1.71 bits per heavy atom. The van der Waals surface area contributed by atoms with Crippen molar-refractivity contribution < 1.29 is 4.79 Å². The van der Waals surface area contributed by atoms with Crippen LogP contribution in [0.3, 0.4) is 0 Å². The Balaban J connectivity index is 1.53. The lowest BCUT2D eigenvalue weighted by Crippen LogP contribution is -2.49. The first-order chi connectivity index (χ1) is 8.33. The molecule has 2 aliphatic carbocycles. The van der Waals surface area contributed by atoms with Crippen molar-refractivity contribution in [3.8, 4) is 0 Å². The summed E-state index contributed by atoms with van der Waals surface area (Å²) in [5, 5.41) is 0. The fraction of sp³-hybridized carbons (Fsp3) is 0.786. The molecular formula is C14H22N2O. The molecule has 3 rings (SSSR count). The van der Waals surface area contributed by atoms with Crippen molar-refractivity contribution in [1.82, 2.24) is 9.80 Å². The zero-order valence-electron chi connectivity index (χ0n) is 10.5. The van der Waals surface area contributed by atoms with Crippen molar-refractivity contribution in [3.05, 3.63) is 11.8 Å². The molecule has 94 valence electrons. The molecule has 0 aromatic carbocycles. The van der Waals surface area contributed by atoms with Gasteiger partial charge in [0.1, 0.15) is 0 Å². The Morgan fingerprint density at radius 3 is 2.29 bits per heavy atom. The molecule has 0 N–H and O–H groups in total. The maximum Gasteiger partial charge on any atom is 0.157 e. The van der Waals surface area contributed by atoms with E-state index >= 15 is 0 Å². The van der Waals surface area contributed by atoms with E-state index in [9.17, 15) is 4.79 Å². The molecule has 3 aliphatic rings. The van der Waals surface area contributed by atoms with Crippen LogP contribution < -0.4 is 0 Å². The standard InChI is InChI=1S/C14H22N2O/c17-14-6-5-13(11-14)16-9-7-15(8-10-16)12-3-1-2-4-12/h11-12H,1-10H2. The molecule has 0 radical (unpaired) electrons. The Bertz CT molecular complexity index is 323. The molecular weight excluding hydrogens is 212 g/mol. The van der Waals surface area contributed by atoms with Gasteiger partial charge in [0.25, 0.3) is 0 Å². The minimum absolute atomic E-state index is 0.318. The van der Waals surface area contributed by atoms with Gasteiger partial charge in [0, 0.05) is 50.4 Å². The first-order valence-electron chi connectivity index (χ1n) is 7.05. The monoisotopic (exact) mass is 234 g/mol. The van der Waals surface area contributed by atoms with Gasteiger partial charge in [-0.25, -0.2) is 0 Å². The summed E-state index contributed by atoms with van der Waals surface area (Å²) in [4.78, 5) is 16.4. The summed E-state index contributed by atoms with van der Waals surface area (Å²) < 4.78 is 0. The number of piperazine rings is 1. The molecule has 0 bridgehead atoms. The van der Waals surface area contributed by atoms with Crippen molar-refractivity contribution in [2.75, 3.05) is 26.2 Å². The zero-order chi connectivity index (χ0) is 11.7. The average molecular weight is 234 g/mol. The van der Waals surface area contributed by atoms with Gasteiger partial charge in [-0.15, -0.1) is 0 Å². The number of carbonyl (C=O) groups excluding carboxylic acids is 1. The predicted molar refractivity (Wildman–Crippen MR) is 67.7 cm³/mol. The van der Waals surface area contributed by atoms with Gasteiger partial charge < -0.3 is 4.90 Å². The molecule has 3 heteroatoms. The molecule has 3 nitrogen and oxygen atoms in total. The molecule has 1 saturated carbocycles. The van der Waals surface area contributed by atoms with Crippen LogP contribution in [0.5, 0.6) is 0 Å². The van der Waals surface area contributed by atoms with Crippen molar-refractivity contribution in [1.29, 1.82) is 0 Å². The van der Waals surface area contributed by atoms with Crippen molar-refractivity contribution in [3.63, 3.8) is 0 Å². The second kappa shape index (κ2) is 4.81.